The van der Waals surface area contributed by atoms with Gasteiger partial charge in [0.1, 0.15) is 5.75 Å². The van der Waals surface area contributed by atoms with Crippen LogP contribution in [0.2, 0.25) is 5.02 Å². The highest BCUT2D eigenvalue weighted by molar-refractivity contribution is 6.30. The summed E-state index contributed by atoms with van der Waals surface area (Å²) in [5, 5.41) is 5.51. The van der Waals surface area contributed by atoms with Crippen LogP contribution in [-0.4, -0.2) is 37.2 Å². The summed E-state index contributed by atoms with van der Waals surface area (Å²) < 4.78 is 9.98. The molecular formula is C18H23ClN2O5. The molecule has 1 aliphatic rings. The SMILES string of the molecule is C[C@@H]1CCCC[C@@H]1NC(=O)NC(=O)COC(=O)COc1ccc(Cl)cc1. The van der Waals surface area contributed by atoms with Gasteiger partial charge in [0.25, 0.3) is 5.91 Å². The summed E-state index contributed by atoms with van der Waals surface area (Å²) in [6.07, 6.45) is 4.19. The minimum absolute atomic E-state index is 0.0619. The Kier molecular flexibility index (Phi) is 7.72. The molecule has 0 saturated heterocycles. The molecule has 142 valence electrons. The van der Waals surface area contributed by atoms with Crippen molar-refractivity contribution in [3.05, 3.63) is 29.3 Å². The third kappa shape index (κ3) is 6.92. The molecule has 1 saturated carbocycles. The quantitative estimate of drug-likeness (QED) is 0.738. The van der Waals surface area contributed by atoms with Gasteiger partial charge in [-0.25, -0.2) is 9.59 Å². The Labute approximate surface area is 157 Å². The van der Waals surface area contributed by atoms with Crippen molar-refractivity contribution in [2.24, 2.45) is 5.92 Å². The number of ether oxygens (including phenoxy) is 2. The number of halogens is 1. The van der Waals surface area contributed by atoms with E-state index < -0.39 is 24.5 Å². The van der Waals surface area contributed by atoms with Crippen molar-refractivity contribution < 1.29 is 23.9 Å². The van der Waals surface area contributed by atoms with Crippen molar-refractivity contribution in [2.75, 3.05) is 13.2 Å². The number of hydrogen-bond donors (Lipinski definition) is 2. The van der Waals surface area contributed by atoms with Crippen LogP contribution in [0.5, 0.6) is 5.75 Å². The van der Waals surface area contributed by atoms with Crippen LogP contribution in [0.4, 0.5) is 4.79 Å². The second-order valence-electron chi connectivity index (χ2n) is 6.29. The molecule has 0 bridgehead atoms. The molecule has 2 atom stereocenters. The van der Waals surface area contributed by atoms with Gasteiger partial charge in [-0.3, -0.25) is 10.1 Å². The number of esters is 1. The van der Waals surface area contributed by atoms with Gasteiger partial charge in [-0.2, -0.15) is 0 Å². The van der Waals surface area contributed by atoms with E-state index in [2.05, 4.69) is 17.6 Å². The zero-order valence-corrected chi connectivity index (χ0v) is 15.4. The molecule has 0 aromatic heterocycles. The zero-order valence-electron chi connectivity index (χ0n) is 14.6. The van der Waals surface area contributed by atoms with Gasteiger partial charge < -0.3 is 14.8 Å². The number of hydrogen-bond acceptors (Lipinski definition) is 5. The van der Waals surface area contributed by atoms with Crippen LogP contribution in [0.15, 0.2) is 24.3 Å². The number of nitrogens with one attached hydrogen (secondary N) is 2. The molecule has 2 rings (SSSR count). The fourth-order valence-corrected chi connectivity index (χ4v) is 2.88. The van der Waals surface area contributed by atoms with E-state index in [-0.39, 0.29) is 12.6 Å². The first kappa shape index (κ1) is 20.0. The van der Waals surface area contributed by atoms with Crippen LogP contribution < -0.4 is 15.4 Å². The van der Waals surface area contributed by atoms with Gasteiger partial charge in [0, 0.05) is 11.1 Å². The molecule has 7 nitrogen and oxygen atoms in total. The predicted octanol–water partition coefficient (Wildman–Crippen LogP) is 2.67. The van der Waals surface area contributed by atoms with E-state index in [0.717, 1.165) is 25.7 Å². The topological polar surface area (TPSA) is 93.7 Å². The van der Waals surface area contributed by atoms with Gasteiger partial charge in [0.2, 0.25) is 0 Å². The molecule has 0 aliphatic heterocycles. The zero-order chi connectivity index (χ0) is 18.9. The van der Waals surface area contributed by atoms with E-state index in [4.69, 9.17) is 21.1 Å². The molecule has 0 radical (unpaired) electrons. The third-order valence-electron chi connectivity index (χ3n) is 4.22. The minimum atomic E-state index is -0.712. The monoisotopic (exact) mass is 382 g/mol. The summed E-state index contributed by atoms with van der Waals surface area (Å²) in [5.41, 5.74) is 0. The van der Waals surface area contributed by atoms with E-state index in [1.54, 1.807) is 24.3 Å². The highest BCUT2D eigenvalue weighted by atomic mass is 35.5. The lowest BCUT2D eigenvalue weighted by Crippen LogP contribution is -2.48. The number of imide groups is 1. The van der Waals surface area contributed by atoms with Gasteiger partial charge in [-0.15, -0.1) is 0 Å². The summed E-state index contributed by atoms with van der Waals surface area (Å²) in [4.78, 5) is 35.1. The van der Waals surface area contributed by atoms with Gasteiger partial charge in [-0.1, -0.05) is 31.4 Å². The fraction of sp³-hybridized carbons (Fsp3) is 0.500. The number of carbonyl (C=O) groups is 3. The van der Waals surface area contributed by atoms with Crippen LogP contribution in [0, 0.1) is 5.92 Å². The Balaban J connectivity index is 1.63. The van der Waals surface area contributed by atoms with Crippen LogP contribution >= 0.6 is 11.6 Å². The van der Waals surface area contributed by atoms with E-state index in [0.29, 0.717) is 16.7 Å². The van der Waals surface area contributed by atoms with Crippen molar-refractivity contribution in [3.63, 3.8) is 0 Å². The number of benzene rings is 1. The van der Waals surface area contributed by atoms with Crippen molar-refractivity contribution in [2.45, 2.75) is 38.6 Å². The van der Waals surface area contributed by atoms with Crippen molar-refractivity contribution in [3.8, 4) is 5.75 Å². The second-order valence-corrected chi connectivity index (χ2v) is 6.73. The molecule has 1 aliphatic carbocycles. The molecular weight excluding hydrogens is 360 g/mol. The van der Waals surface area contributed by atoms with Gasteiger partial charge in [0.15, 0.2) is 13.2 Å². The number of rotatable bonds is 6. The lowest BCUT2D eigenvalue weighted by molar-refractivity contribution is -0.150. The summed E-state index contributed by atoms with van der Waals surface area (Å²) in [7, 11) is 0. The first-order valence-corrected chi connectivity index (χ1v) is 8.96. The normalized spacial score (nSPS) is 19.3. The van der Waals surface area contributed by atoms with E-state index in [1.807, 2.05) is 0 Å². The Bertz CT molecular complexity index is 635. The first-order chi connectivity index (χ1) is 12.4. The largest absolute Gasteiger partial charge is 0.482 e. The number of urea groups is 1. The van der Waals surface area contributed by atoms with Gasteiger partial charge >= 0.3 is 12.0 Å². The van der Waals surface area contributed by atoms with Crippen LogP contribution in [-0.2, 0) is 14.3 Å². The van der Waals surface area contributed by atoms with E-state index in [1.165, 1.54) is 0 Å². The summed E-state index contributed by atoms with van der Waals surface area (Å²) >= 11 is 5.75. The molecule has 3 amide bonds. The molecule has 2 N–H and O–H groups in total. The van der Waals surface area contributed by atoms with Gasteiger partial charge in [0.05, 0.1) is 0 Å². The maximum absolute atomic E-state index is 11.8. The summed E-state index contributed by atoms with van der Waals surface area (Å²) in [6.45, 7) is 1.19. The maximum Gasteiger partial charge on any atom is 0.344 e. The highest BCUT2D eigenvalue weighted by Crippen LogP contribution is 2.23. The van der Waals surface area contributed by atoms with Gasteiger partial charge in [-0.05, 0) is 43.0 Å². The highest BCUT2D eigenvalue weighted by Gasteiger charge is 2.23. The Morgan fingerprint density at radius 2 is 1.81 bits per heavy atom. The van der Waals surface area contributed by atoms with Crippen molar-refractivity contribution >= 4 is 29.5 Å². The summed E-state index contributed by atoms with van der Waals surface area (Å²) in [6, 6.07) is 5.97. The molecule has 8 heteroatoms. The second kappa shape index (κ2) is 10.0. The molecule has 0 unspecified atom stereocenters. The lowest BCUT2D eigenvalue weighted by Gasteiger charge is -2.29. The van der Waals surface area contributed by atoms with Crippen LogP contribution in [0.25, 0.3) is 0 Å². The summed E-state index contributed by atoms with van der Waals surface area (Å²) in [5.74, 6) is -0.563. The lowest BCUT2D eigenvalue weighted by atomic mass is 9.86. The molecule has 1 aromatic carbocycles. The van der Waals surface area contributed by atoms with Crippen molar-refractivity contribution in [1.29, 1.82) is 0 Å². The molecule has 26 heavy (non-hydrogen) atoms. The molecule has 0 spiro atoms. The molecule has 1 aromatic rings. The molecule has 0 heterocycles. The average molecular weight is 383 g/mol. The minimum Gasteiger partial charge on any atom is -0.482 e. The fourth-order valence-electron chi connectivity index (χ4n) is 2.76. The Morgan fingerprint density at radius 1 is 1.12 bits per heavy atom. The Morgan fingerprint density at radius 3 is 2.50 bits per heavy atom. The van der Waals surface area contributed by atoms with E-state index >= 15 is 0 Å². The number of amides is 3. The molecule has 1 fully saturated rings. The smallest absolute Gasteiger partial charge is 0.344 e. The average Bonchev–Trinajstić information content (AvgIpc) is 2.61. The Hall–Kier alpha value is -2.28. The van der Waals surface area contributed by atoms with Crippen molar-refractivity contribution in [1.82, 2.24) is 10.6 Å². The third-order valence-corrected chi connectivity index (χ3v) is 4.47. The van der Waals surface area contributed by atoms with Crippen LogP contribution in [0.1, 0.15) is 32.6 Å². The standard InChI is InChI=1S/C18H23ClN2O5/c1-12-4-2-3-5-15(12)20-18(24)21-16(22)10-26-17(23)11-25-14-8-6-13(19)7-9-14/h6-9,12,15H,2-5,10-11H2,1H3,(H2,20,21,22,24)/t12-,15+/m1/s1. The van der Waals surface area contributed by atoms with E-state index in [9.17, 15) is 14.4 Å². The maximum atomic E-state index is 11.8. The predicted molar refractivity (Wildman–Crippen MR) is 96.0 cm³/mol. The number of carbonyl (C=O) groups excluding carboxylic acids is 3. The first-order valence-electron chi connectivity index (χ1n) is 8.58. The van der Waals surface area contributed by atoms with Crippen LogP contribution in [0.3, 0.4) is 0 Å².